The summed E-state index contributed by atoms with van der Waals surface area (Å²) >= 11 is 0. The van der Waals surface area contributed by atoms with Gasteiger partial charge >= 0.3 is 0 Å². The zero-order valence-electron chi connectivity index (χ0n) is 13.1. The molecule has 2 aromatic carbocycles. The van der Waals surface area contributed by atoms with Gasteiger partial charge in [-0.2, -0.15) is 10.2 Å². The van der Waals surface area contributed by atoms with E-state index in [1.807, 2.05) is 42.5 Å². The molecule has 0 unspecified atom stereocenters. The predicted octanol–water partition coefficient (Wildman–Crippen LogP) is 2.67. The van der Waals surface area contributed by atoms with Crippen LogP contribution in [0.2, 0.25) is 0 Å². The van der Waals surface area contributed by atoms with Crippen molar-refractivity contribution >= 4 is 34.6 Å². The van der Waals surface area contributed by atoms with Gasteiger partial charge in [-0.25, -0.2) is 0 Å². The van der Waals surface area contributed by atoms with E-state index in [0.717, 1.165) is 32.6 Å². The Bertz CT molecular complexity index is 1120. The fraction of sp³-hybridized carbons (Fsp3) is 0.105. The number of fused-ring (bicyclic) bond motifs is 2. The second-order valence-electron chi connectivity index (χ2n) is 5.95. The molecule has 1 aliphatic heterocycles. The second-order valence-corrected chi connectivity index (χ2v) is 5.95. The van der Waals surface area contributed by atoms with Gasteiger partial charge in [0.05, 0.1) is 11.9 Å². The van der Waals surface area contributed by atoms with Crippen LogP contribution in [0.3, 0.4) is 0 Å². The maximum absolute atomic E-state index is 11.4. The van der Waals surface area contributed by atoms with E-state index in [1.54, 1.807) is 13.1 Å². The number of hydrogen-bond donors (Lipinski definition) is 2. The Morgan fingerprint density at radius 1 is 1.25 bits per heavy atom. The van der Waals surface area contributed by atoms with Crippen molar-refractivity contribution in [2.24, 2.45) is 10.2 Å². The monoisotopic (exact) mass is 317 g/mol. The second kappa shape index (κ2) is 5.45. The molecule has 118 valence electrons. The van der Waals surface area contributed by atoms with Crippen molar-refractivity contribution in [1.29, 1.82) is 0 Å². The lowest BCUT2D eigenvalue weighted by atomic mass is 10.0. The van der Waals surface area contributed by atoms with Gasteiger partial charge in [0.25, 0.3) is 0 Å². The number of carbonyl (C=O) groups excluding carboxylic acids is 1. The number of hydrogen-bond acceptors (Lipinski definition) is 4. The summed E-state index contributed by atoms with van der Waals surface area (Å²) in [6, 6.07) is 11.6. The lowest BCUT2D eigenvalue weighted by molar-refractivity contribution is -0.116. The highest BCUT2D eigenvalue weighted by Crippen LogP contribution is 2.29. The predicted molar refractivity (Wildman–Crippen MR) is 92.6 cm³/mol. The molecule has 0 fully saturated rings. The summed E-state index contributed by atoms with van der Waals surface area (Å²) < 4.78 is 0. The van der Waals surface area contributed by atoms with Crippen molar-refractivity contribution < 1.29 is 9.90 Å². The Balaban J connectivity index is 1.88. The normalized spacial score (nSPS) is 13.3. The number of azo groups is 1. The van der Waals surface area contributed by atoms with Crippen LogP contribution in [0.1, 0.15) is 18.1 Å². The molecule has 24 heavy (non-hydrogen) atoms. The van der Waals surface area contributed by atoms with E-state index in [-0.39, 0.29) is 11.7 Å². The standard InChI is InChI=1S/C19H15N3O2/c1-11(23)6-12-3-5-17-15(7-12)16(19(24)21-17)8-13-2-4-14-10-20-22-18(14)9-13/h2-5,7-10,21,24H,6H2,1H3. The van der Waals surface area contributed by atoms with E-state index < -0.39 is 0 Å². The molecule has 0 spiro atoms. The maximum Gasteiger partial charge on any atom is 0.196 e. The lowest BCUT2D eigenvalue weighted by Gasteiger charge is -1.99. The van der Waals surface area contributed by atoms with Crippen molar-refractivity contribution in [3.63, 3.8) is 0 Å². The van der Waals surface area contributed by atoms with Crippen LogP contribution < -0.4 is 10.4 Å². The molecule has 0 radical (unpaired) electrons. The zero-order valence-corrected chi connectivity index (χ0v) is 13.1. The van der Waals surface area contributed by atoms with Crippen LogP contribution in [-0.2, 0) is 11.2 Å². The first-order valence-corrected chi connectivity index (χ1v) is 7.66. The molecular formula is C19H15N3O2. The summed E-state index contributed by atoms with van der Waals surface area (Å²) in [5, 5.41) is 21.0. The molecule has 2 N–H and O–H groups in total. The van der Waals surface area contributed by atoms with Crippen LogP contribution in [0.4, 0.5) is 5.69 Å². The Hall–Kier alpha value is -3.21. The molecule has 0 atom stereocenters. The third-order valence-corrected chi connectivity index (χ3v) is 4.06. The number of Topliss-reactive ketones (excluding diaryl/α,β-unsaturated/α-hetero) is 1. The van der Waals surface area contributed by atoms with Gasteiger partial charge in [-0.1, -0.05) is 18.2 Å². The van der Waals surface area contributed by atoms with Crippen LogP contribution in [0.15, 0.2) is 46.6 Å². The van der Waals surface area contributed by atoms with Gasteiger partial charge in [0, 0.05) is 28.1 Å². The molecule has 1 aromatic heterocycles. The van der Waals surface area contributed by atoms with E-state index in [0.29, 0.717) is 12.0 Å². The van der Waals surface area contributed by atoms with Gasteiger partial charge in [-0.15, -0.1) is 0 Å². The highest BCUT2D eigenvalue weighted by atomic mass is 16.3. The summed E-state index contributed by atoms with van der Waals surface area (Å²) in [4.78, 5) is 14.3. The van der Waals surface area contributed by atoms with Crippen LogP contribution in [-0.4, -0.2) is 15.9 Å². The molecule has 4 rings (SSSR count). The van der Waals surface area contributed by atoms with Crippen molar-refractivity contribution in [2.45, 2.75) is 13.3 Å². The summed E-state index contributed by atoms with van der Waals surface area (Å²) in [5.41, 5.74) is 3.29. The van der Waals surface area contributed by atoms with Crippen molar-refractivity contribution in [3.8, 4) is 5.88 Å². The topological polar surface area (TPSA) is 77.8 Å². The summed E-state index contributed by atoms with van der Waals surface area (Å²) in [5.74, 6) is 0.221. The van der Waals surface area contributed by atoms with E-state index >= 15 is 0 Å². The molecule has 0 saturated carbocycles. The average Bonchev–Trinajstić information content (AvgIpc) is 3.12. The Morgan fingerprint density at radius 2 is 2.12 bits per heavy atom. The Labute approximate surface area is 137 Å². The van der Waals surface area contributed by atoms with Gasteiger partial charge in [0.2, 0.25) is 0 Å². The van der Waals surface area contributed by atoms with Crippen LogP contribution in [0.5, 0.6) is 5.88 Å². The quantitative estimate of drug-likeness (QED) is 0.779. The minimum atomic E-state index is 0.110. The van der Waals surface area contributed by atoms with Crippen LogP contribution >= 0.6 is 0 Å². The van der Waals surface area contributed by atoms with E-state index in [4.69, 9.17) is 0 Å². The van der Waals surface area contributed by atoms with E-state index in [9.17, 15) is 9.90 Å². The minimum Gasteiger partial charge on any atom is -0.494 e. The first kappa shape index (κ1) is 14.4. The Morgan fingerprint density at radius 3 is 2.96 bits per heavy atom. The number of ketones is 1. The first-order valence-electron chi connectivity index (χ1n) is 7.66. The fourth-order valence-electron chi connectivity index (χ4n) is 2.96. The van der Waals surface area contributed by atoms with E-state index in [1.165, 1.54) is 0 Å². The highest BCUT2D eigenvalue weighted by Gasteiger charge is 2.10. The lowest BCUT2D eigenvalue weighted by Crippen LogP contribution is -2.06. The SMILES string of the molecule is CC(=O)Cc1ccc2[nH]c(O)c(C=c3ccc4c(c3)N=NC=4)c2c1. The third kappa shape index (κ3) is 2.50. The molecule has 1 aliphatic rings. The maximum atomic E-state index is 11.4. The number of aromatic nitrogens is 1. The molecular weight excluding hydrogens is 302 g/mol. The number of nitrogens with one attached hydrogen (secondary N) is 1. The van der Waals surface area contributed by atoms with Gasteiger partial charge in [0.15, 0.2) is 5.88 Å². The minimum absolute atomic E-state index is 0.110. The smallest absolute Gasteiger partial charge is 0.196 e. The number of aromatic amines is 1. The first-order chi connectivity index (χ1) is 11.6. The number of H-pyrrole nitrogens is 1. The number of benzene rings is 2. The third-order valence-electron chi connectivity index (χ3n) is 4.06. The molecule has 0 saturated heterocycles. The van der Waals surface area contributed by atoms with Gasteiger partial charge in [-0.05, 0) is 42.0 Å². The van der Waals surface area contributed by atoms with Crippen molar-refractivity contribution in [3.05, 3.63) is 58.0 Å². The fourth-order valence-corrected chi connectivity index (χ4v) is 2.96. The molecule has 5 nitrogen and oxygen atoms in total. The molecule has 0 bridgehead atoms. The van der Waals surface area contributed by atoms with Crippen LogP contribution in [0.25, 0.3) is 23.2 Å². The summed E-state index contributed by atoms with van der Waals surface area (Å²) in [6.45, 7) is 1.57. The van der Waals surface area contributed by atoms with Crippen LogP contribution in [0, 0.1) is 0 Å². The highest BCUT2D eigenvalue weighted by molar-refractivity contribution is 5.93. The van der Waals surface area contributed by atoms with Crippen molar-refractivity contribution in [1.82, 2.24) is 4.98 Å². The molecule has 3 aromatic rings. The summed E-state index contributed by atoms with van der Waals surface area (Å²) in [6.07, 6.45) is 4.01. The zero-order chi connectivity index (χ0) is 16.7. The number of nitrogens with zero attached hydrogens (tertiary/aromatic N) is 2. The number of aromatic hydroxyl groups is 1. The molecule has 0 aliphatic carbocycles. The molecule has 2 heterocycles. The largest absolute Gasteiger partial charge is 0.494 e. The summed E-state index contributed by atoms with van der Waals surface area (Å²) in [7, 11) is 0. The number of carbonyl (C=O) groups is 1. The Kier molecular flexibility index (Phi) is 3.27. The van der Waals surface area contributed by atoms with Gasteiger partial charge < -0.3 is 10.1 Å². The van der Waals surface area contributed by atoms with Crippen molar-refractivity contribution in [2.75, 3.05) is 0 Å². The molecule has 5 heteroatoms. The number of rotatable bonds is 3. The van der Waals surface area contributed by atoms with E-state index in [2.05, 4.69) is 15.2 Å². The molecule has 0 amide bonds. The van der Waals surface area contributed by atoms with Gasteiger partial charge in [0.1, 0.15) is 5.78 Å². The average molecular weight is 317 g/mol. The van der Waals surface area contributed by atoms with Gasteiger partial charge in [-0.3, -0.25) is 4.79 Å².